The van der Waals surface area contributed by atoms with Gasteiger partial charge in [-0.3, -0.25) is 0 Å². The lowest BCUT2D eigenvalue weighted by Crippen LogP contribution is -2.39. The number of benzene rings is 2. The molecule has 1 aromatic heterocycles. The third kappa shape index (κ3) is 2.91. The first-order chi connectivity index (χ1) is 13.1. The summed E-state index contributed by atoms with van der Waals surface area (Å²) in [5, 5.41) is 0. The lowest BCUT2D eigenvalue weighted by Gasteiger charge is -2.30. The van der Waals surface area contributed by atoms with Crippen LogP contribution in [0, 0.1) is 0 Å². The molecule has 1 unspecified atom stereocenters. The van der Waals surface area contributed by atoms with Crippen molar-refractivity contribution in [2.75, 3.05) is 19.7 Å². The molecule has 0 bridgehead atoms. The number of rotatable bonds is 3. The van der Waals surface area contributed by atoms with Crippen LogP contribution in [0.2, 0.25) is 0 Å². The van der Waals surface area contributed by atoms with E-state index >= 15 is 0 Å². The number of para-hydroxylation sites is 2. The van der Waals surface area contributed by atoms with Gasteiger partial charge >= 0.3 is 0 Å². The first kappa shape index (κ1) is 16.8. The molecule has 27 heavy (non-hydrogen) atoms. The second-order valence-electron chi connectivity index (χ2n) is 7.09. The van der Waals surface area contributed by atoms with Crippen LogP contribution in [0.4, 0.5) is 0 Å². The molecule has 0 saturated carbocycles. The Morgan fingerprint density at radius 2 is 2.04 bits per heavy atom. The van der Waals surface area contributed by atoms with Gasteiger partial charge in [-0.25, -0.2) is 13.4 Å². The Labute approximate surface area is 157 Å². The summed E-state index contributed by atoms with van der Waals surface area (Å²) in [5.41, 5.74) is 2.51. The standard InChI is InChI=1S/C20H20N2O4S/c23-27(24,16-7-8-18-14(12-16)9-11-25-18)22-10-3-4-15(13-22)20-21-17-5-1-2-6-19(17)26-20/h1-2,5-8,12,15H,3-4,9-11,13H2. The summed E-state index contributed by atoms with van der Waals surface area (Å²) in [7, 11) is -3.55. The van der Waals surface area contributed by atoms with E-state index in [0.717, 1.165) is 41.7 Å². The van der Waals surface area contributed by atoms with Crippen molar-refractivity contribution in [3.63, 3.8) is 0 Å². The van der Waals surface area contributed by atoms with Gasteiger partial charge in [0.25, 0.3) is 0 Å². The molecule has 5 rings (SSSR count). The van der Waals surface area contributed by atoms with Gasteiger partial charge in [-0.2, -0.15) is 4.31 Å². The Hall–Kier alpha value is -2.38. The first-order valence-electron chi connectivity index (χ1n) is 9.22. The molecule has 6 nitrogen and oxygen atoms in total. The van der Waals surface area contributed by atoms with E-state index in [1.165, 1.54) is 0 Å². The van der Waals surface area contributed by atoms with Gasteiger partial charge in [0.1, 0.15) is 11.3 Å². The largest absolute Gasteiger partial charge is 0.493 e. The maximum atomic E-state index is 13.2. The van der Waals surface area contributed by atoms with E-state index in [2.05, 4.69) is 4.98 Å². The van der Waals surface area contributed by atoms with Crippen LogP contribution in [-0.2, 0) is 16.4 Å². The Balaban J connectivity index is 1.43. The fraction of sp³-hybridized carbons (Fsp3) is 0.350. The van der Waals surface area contributed by atoms with Gasteiger partial charge in [0.15, 0.2) is 11.5 Å². The summed E-state index contributed by atoms with van der Waals surface area (Å²) in [6.07, 6.45) is 2.41. The molecule has 2 aliphatic heterocycles. The smallest absolute Gasteiger partial charge is 0.243 e. The van der Waals surface area contributed by atoms with E-state index in [9.17, 15) is 8.42 Å². The van der Waals surface area contributed by atoms with Gasteiger partial charge in [-0.1, -0.05) is 12.1 Å². The average Bonchev–Trinajstić information content (AvgIpc) is 3.34. The Kier molecular flexibility index (Phi) is 3.94. The molecule has 2 aromatic carbocycles. The fourth-order valence-corrected chi connectivity index (χ4v) is 5.47. The number of nitrogens with zero attached hydrogens (tertiary/aromatic N) is 2. The van der Waals surface area contributed by atoms with E-state index in [4.69, 9.17) is 9.15 Å². The van der Waals surface area contributed by atoms with Crippen LogP contribution in [-0.4, -0.2) is 37.4 Å². The van der Waals surface area contributed by atoms with E-state index < -0.39 is 10.0 Å². The fourth-order valence-electron chi connectivity index (χ4n) is 3.90. The summed E-state index contributed by atoms with van der Waals surface area (Å²) in [4.78, 5) is 4.91. The Bertz CT molecular complexity index is 1070. The predicted octanol–water partition coefficient (Wildman–Crippen LogP) is 3.33. The van der Waals surface area contributed by atoms with E-state index in [1.54, 1.807) is 22.5 Å². The van der Waals surface area contributed by atoms with Gasteiger partial charge < -0.3 is 9.15 Å². The molecule has 0 aliphatic carbocycles. The molecule has 0 N–H and O–H groups in total. The third-order valence-corrected chi connectivity index (χ3v) is 7.20. The minimum absolute atomic E-state index is 0.0290. The van der Waals surface area contributed by atoms with Crippen LogP contribution in [0.5, 0.6) is 5.75 Å². The van der Waals surface area contributed by atoms with Crippen LogP contribution in [0.15, 0.2) is 51.8 Å². The lowest BCUT2D eigenvalue weighted by atomic mass is 10.00. The first-order valence-corrected chi connectivity index (χ1v) is 10.7. The highest BCUT2D eigenvalue weighted by Crippen LogP contribution is 2.33. The van der Waals surface area contributed by atoms with Crippen molar-refractivity contribution in [2.45, 2.75) is 30.1 Å². The average molecular weight is 384 g/mol. The molecule has 0 radical (unpaired) electrons. The quantitative estimate of drug-likeness (QED) is 0.693. The van der Waals surface area contributed by atoms with Crippen molar-refractivity contribution in [3.8, 4) is 5.75 Å². The van der Waals surface area contributed by atoms with Crippen LogP contribution < -0.4 is 4.74 Å². The van der Waals surface area contributed by atoms with E-state index in [-0.39, 0.29) is 5.92 Å². The normalized spacial score (nSPS) is 20.5. The Morgan fingerprint density at radius 3 is 2.93 bits per heavy atom. The number of hydrogen-bond acceptors (Lipinski definition) is 5. The highest BCUT2D eigenvalue weighted by Gasteiger charge is 2.33. The van der Waals surface area contributed by atoms with Crippen molar-refractivity contribution in [3.05, 3.63) is 53.9 Å². The van der Waals surface area contributed by atoms with Crippen LogP contribution in [0.25, 0.3) is 11.1 Å². The molecule has 2 aliphatic rings. The minimum Gasteiger partial charge on any atom is -0.493 e. The summed E-state index contributed by atoms with van der Waals surface area (Å²) >= 11 is 0. The molecule has 1 fully saturated rings. The minimum atomic E-state index is -3.55. The zero-order valence-corrected chi connectivity index (χ0v) is 15.6. The van der Waals surface area contributed by atoms with Crippen molar-refractivity contribution < 1.29 is 17.6 Å². The third-order valence-electron chi connectivity index (χ3n) is 5.34. The summed E-state index contributed by atoms with van der Waals surface area (Å²) in [6, 6.07) is 12.8. The molecule has 0 amide bonds. The van der Waals surface area contributed by atoms with Crippen LogP contribution in [0.1, 0.15) is 30.2 Å². The monoisotopic (exact) mass is 384 g/mol. The maximum Gasteiger partial charge on any atom is 0.243 e. The van der Waals surface area contributed by atoms with Gasteiger partial charge in [-0.05, 0) is 48.7 Å². The van der Waals surface area contributed by atoms with Gasteiger partial charge in [0, 0.05) is 25.4 Å². The second kappa shape index (κ2) is 6.35. The molecule has 3 aromatic rings. The van der Waals surface area contributed by atoms with Crippen molar-refractivity contribution in [1.82, 2.24) is 9.29 Å². The zero-order chi connectivity index (χ0) is 18.4. The Morgan fingerprint density at radius 1 is 1.15 bits per heavy atom. The molecule has 1 atom stereocenters. The maximum absolute atomic E-state index is 13.2. The van der Waals surface area contributed by atoms with E-state index in [1.807, 2.05) is 24.3 Å². The van der Waals surface area contributed by atoms with Crippen molar-refractivity contribution in [1.29, 1.82) is 0 Å². The molecular formula is C20H20N2O4S. The van der Waals surface area contributed by atoms with Crippen LogP contribution in [0.3, 0.4) is 0 Å². The number of oxazole rings is 1. The number of ether oxygens (including phenoxy) is 1. The number of fused-ring (bicyclic) bond motifs is 2. The SMILES string of the molecule is O=S(=O)(c1ccc2c(c1)CCO2)N1CCCC(c2nc3ccccc3o2)C1. The number of aromatic nitrogens is 1. The summed E-state index contributed by atoms with van der Waals surface area (Å²) in [6.45, 7) is 1.53. The van der Waals surface area contributed by atoms with Crippen molar-refractivity contribution in [2.24, 2.45) is 0 Å². The molecule has 7 heteroatoms. The van der Waals surface area contributed by atoms with Gasteiger partial charge in [0.05, 0.1) is 11.5 Å². The topological polar surface area (TPSA) is 72.6 Å². The van der Waals surface area contributed by atoms with Crippen LogP contribution >= 0.6 is 0 Å². The van der Waals surface area contributed by atoms with Gasteiger partial charge in [0.2, 0.25) is 10.0 Å². The predicted molar refractivity (Wildman–Crippen MR) is 100 cm³/mol. The zero-order valence-electron chi connectivity index (χ0n) is 14.8. The highest BCUT2D eigenvalue weighted by molar-refractivity contribution is 7.89. The molecule has 140 valence electrons. The molecular weight excluding hydrogens is 364 g/mol. The van der Waals surface area contributed by atoms with E-state index in [0.29, 0.717) is 30.5 Å². The highest BCUT2D eigenvalue weighted by atomic mass is 32.2. The summed E-state index contributed by atoms with van der Waals surface area (Å²) in [5.74, 6) is 1.38. The molecule has 0 spiro atoms. The second-order valence-corrected chi connectivity index (χ2v) is 9.03. The van der Waals surface area contributed by atoms with Gasteiger partial charge in [-0.15, -0.1) is 0 Å². The lowest BCUT2D eigenvalue weighted by molar-refractivity contribution is 0.288. The number of sulfonamides is 1. The molecule has 3 heterocycles. The number of hydrogen-bond donors (Lipinski definition) is 0. The molecule has 1 saturated heterocycles. The van der Waals surface area contributed by atoms with Crippen molar-refractivity contribution >= 4 is 21.1 Å². The number of piperidine rings is 1. The summed E-state index contributed by atoms with van der Waals surface area (Å²) < 4.78 is 39.3.